The van der Waals surface area contributed by atoms with Gasteiger partial charge in [-0.1, -0.05) is 30.7 Å². The number of halogens is 1. The maximum Gasteiger partial charge on any atom is 0.289 e. The maximum absolute atomic E-state index is 13.0. The molecule has 0 saturated carbocycles. The molecule has 4 N–H and O–H groups in total. The number of aryl methyl sites for hydroxylation is 1. The number of benzene rings is 2. The fourth-order valence-corrected chi connectivity index (χ4v) is 4.38. The summed E-state index contributed by atoms with van der Waals surface area (Å²) >= 11 is 5.95. The minimum atomic E-state index is -4.31. The van der Waals surface area contributed by atoms with Crippen LogP contribution in [0.3, 0.4) is 0 Å². The van der Waals surface area contributed by atoms with Crippen LogP contribution in [0.15, 0.2) is 51.2 Å². The Bertz CT molecular complexity index is 1060. The summed E-state index contributed by atoms with van der Waals surface area (Å²) in [4.78, 5) is 25.3. The molecule has 0 spiro atoms. The molecule has 0 aliphatic heterocycles. The van der Waals surface area contributed by atoms with Gasteiger partial charge in [-0.05, 0) is 30.2 Å². The highest BCUT2D eigenvalue weighted by molar-refractivity contribution is 7.91. The second kappa shape index (κ2) is 7.72. The number of nitro benzene ring substituents is 1. The smallest absolute Gasteiger partial charge is 0.289 e. The van der Waals surface area contributed by atoms with E-state index in [1.54, 1.807) is 6.92 Å². The van der Waals surface area contributed by atoms with Gasteiger partial charge in [-0.25, -0.2) is 8.42 Å². The number of nitrogens with two attached hydrogens (primary N) is 2. The van der Waals surface area contributed by atoms with Crippen LogP contribution in [0, 0.1) is 10.1 Å². The number of hydrogen-bond acceptors (Lipinski definition) is 5. The number of nitro groups is 1. The molecule has 0 saturated heterocycles. The Balaban J connectivity index is 2.82. The van der Waals surface area contributed by atoms with Gasteiger partial charge in [0, 0.05) is 6.07 Å². The highest BCUT2D eigenvalue weighted by Gasteiger charge is 2.31. The molecule has 2 rings (SSSR count). The summed E-state index contributed by atoms with van der Waals surface area (Å²) < 4.78 is 25.9. The van der Waals surface area contributed by atoms with Gasteiger partial charge in [0.25, 0.3) is 11.6 Å². The van der Waals surface area contributed by atoms with Crippen LogP contribution in [-0.2, 0) is 16.3 Å². The average molecular weight is 411 g/mol. The maximum atomic E-state index is 13.0. The van der Waals surface area contributed by atoms with Crippen molar-refractivity contribution in [3.8, 4) is 0 Å². The van der Waals surface area contributed by atoms with E-state index in [4.69, 9.17) is 23.1 Å². The van der Waals surface area contributed by atoms with Crippen molar-refractivity contribution in [2.45, 2.75) is 23.1 Å². The molecule has 142 valence electrons. The van der Waals surface area contributed by atoms with E-state index >= 15 is 0 Å². The zero-order chi connectivity index (χ0) is 20.4. The third-order valence-electron chi connectivity index (χ3n) is 3.64. The van der Waals surface area contributed by atoms with Crippen LogP contribution in [0.5, 0.6) is 0 Å². The van der Waals surface area contributed by atoms with E-state index in [9.17, 15) is 23.3 Å². The van der Waals surface area contributed by atoms with Crippen molar-refractivity contribution in [2.75, 3.05) is 0 Å². The van der Waals surface area contributed by atoms with Crippen molar-refractivity contribution in [3.63, 3.8) is 0 Å². The van der Waals surface area contributed by atoms with Crippen LogP contribution in [-0.4, -0.2) is 25.2 Å². The summed E-state index contributed by atoms with van der Waals surface area (Å²) in [6.45, 7) is 1.65. The SMILES string of the molecule is CCc1cc(S(=O)(=O)c2ccccc2Cl)c([N+](=O)[O-])cc1C(=O)N=C(N)N. The summed E-state index contributed by atoms with van der Waals surface area (Å²) in [5.74, 6) is -1.42. The van der Waals surface area contributed by atoms with E-state index in [2.05, 4.69) is 4.99 Å². The molecule has 27 heavy (non-hydrogen) atoms. The third-order valence-corrected chi connectivity index (χ3v) is 5.92. The van der Waals surface area contributed by atoms with E-state index in [-0.39, 0.29) is 27.5 Å². The molecule has 0 radical (unpaired) electrons. The lowest BCUT2D eigenvalue weighted by atomic mass is 10.0. The van der Waals surface area contributed by atoms with Crippen LogP contribution in [0.4, 0.5) is 5.69 Å². The van der Waals surface area contributed by atoms with E-state index in [1.165, 1.54) is 24.3 Å². The molecule has 0 fully saturated rings. The lowest BCUT2D eigenvalue weighted by molar-refractivity contribution is -0.387. The lowest BCUT2D eigenvalue weighted by Gasteiger charge is -2.11. The molecule has 0 aromatic heterocycles. The number of sulfone groups is 1. The molecule has 1 amide bonds. The number of amides is 1. The number of hydrogen-bond donors (Lipinski definition) is 2. The molecule has 0 heterocycles. The molecule has 9 nitrogen and oxygen atoms in total. The first kappa shape index (κ1) is 20.3. The first-order valence-corrected chi connectivity index (χ1v) is 9.40. The van der Waals surface area contributed by atoms with Crippen molar-refractivity contribution in [2.24, 2.45) is 16.5 Å². The van der Waals surface area contributed by atoms with Gasteiger partial charge >= 0.3 is 0 Å². The fourth-order valence-electron chi connectivity index (χ4n) is 2.42. The summed E-state index contributed by atoms with van der Waals surface area (Å²) in [6, 6.07) is 7.51. The number of rotatable bonds is 5. The topological polar surface area (TPSA) is 159 Å². The van der Waals surface area contributed by atoms with E-state index in [0.717, 1.165) is 12.1 Å². The second-order valence-corrected chi connectivity index (χ2v) is 7.66. The molecule has 11 heteroatoms. The van der Waals surface area contributed by atoms with Crippen molar-refractivity contribution in [1.29, 1.82) is 0 Å². The Kier molecular flexibility index (Phi) is 5.82. The highest BCUT2D eigenvalue weighted by atomic mass is 35.5. The van der Waals surface area contributed by atoms with Gasteiger partial charge in [0.1, 0.15) is 4.90 Å². The van der Waals surface area contributed by atoms with Crippen molar-refractivity contribution >= 4 is 39.0 Å². The van der Waals surface area contributed by atoms with Gasteiger partial charge in [0.15, 0.2) is 5.96 Å². The first-order chi connectivity index (χ1) is 12.6. The second-order valence-electron chi connectivity index (χ2n) is 5.36. The molecule has 2 aromatic rings. The molecule has 0 aliphatic rings. The van der Waals surface area contributed by atoms with Gasteiger partial charge in [0.05, 0.1) is 20.4 Å². The van der Waals surface area contributed by atoms with Gasteiger partial charge in [0.2, 0.25) is 9.84 Å². The van der Waals surface area contributed by atoms with Gasteiger partial charge < -0.3 is 11.5 Å². The number of carbonyl (C=O) groups is 1. The molecule has 0 bridgehead atoms. The number of aliphatic imine (C=N–C) groups is 1. The average Bonchev–Trinajstić information content (AvgIpc) is 2.59. The molecular formula is C16H15ClN4O5S. The Labute approximate surface area is 159 Å². The predicted molar refractivity (Wildman–Crippen MR) is 99.5 cm³/mol. The van der Waals surface area contributed by atoms with Gasteiger partial charge in [-0.3, -0.25) is 14.9 Å². The highest BCUT2D eigenvalue weighted by Crippen LogP contribution is 2.35. The summed E-state index contributed by atoms with van der Waals surface area (Å²) in [5, 5.41) is 11.4. The minimum absolute atomic E-state index is 0.0782. The monoisotopic (exact) mass is 410 g/mol. The Morgan fingerprint density at radius 1 is 1.22 bits per heavy atom. The first-order valence-electron chi connectivity index (χ1n) is 7.54. The summed E-state index contributed by atoms with van der Waals surface area (Å²) in [6.07, 6.45) is 0.212. The number of guanidine groups is 1. The van der Waals surface area contributed by atoms with Crippen LogP contribution < -0.4 is 11.5 Å². The van der Waals surface area contributed by atoms with Crippen LogP contribution >= 0.6 is 11.6 Å². The van der Waals surface area contributed by atoms with Crippen LogP contribution in [0.2, 0.25) is 5.02 Å². The largest absolute Gasteiger partial charge is 0.370 e. The van der Waals surface area contributed by atoms with Crippen LogP contribution in [0.1, 0.15) is 22.8 Å². The van der Waals surface area contributed by atoms with E-state index in [1.807, 2.05) is 0 Å². The quantitative estimate of drug-likeness (QED) is 0.330. The normalized spacial score (nSPS) is 11.0. The van der Waals surface area contributed by atoms with E-state index in [0.29, 0.717) is 0 Å². The Morgan fingerprint density at radius 3 is 2.37 bits per heavy atom. The summed E-state index contributed by atoms with van der Waals surface area (Å²) in [5.41, 5.74) is 9.65. The fraction of sp³-hybridized carbons (Fsp3) is 0.125. The zero-order valence-electron chi connectivity index (χ0n) is 14.0. The molecule has 2 aromatic carbocycles. The summed E-state index contributed by atoms with van der Waals surface area (Å²) in [7, 11) is -4.31. The molecule has 0 unspecified atom stereocenters. The standard InChI is InChI=1S/C16H15ClN4O5S/c1-2-9-7-14(27(25,26)13-6-4-3-5-11(13)17)12(21(23)24)8-10(9)15(22)20-16(18)19/h3-8H,2H2,1H3,(H4,18,19,20,22). The van der Waals surface area contributed by atoms with Crippen molar-refractivity contribution in [3.05, 3.63) is 62.7 Å². The van der Waals surface area contributed by atoms with E-state index < -0.39 is 37.2 Å². The molecule has 0 atom stereocenters. The predicted octanol–water partition coefficient (Wildman–Crippen LogP) is 2.06. The minimum Gasteiger partial charge on any atom is -0.370 e. The molecular weight excluding hydrogens is 396 g/mol. The van der Waals surface area contributed by atoms with Crippen LogP contribution in [0.25, 0.3) is 0 Å². The van der Waals surface area contributed by atoms with Crippen molar-refractivity contribution in [1.82, 2.24) is 0 Å². The Hall–Kier alpha value is -2.98. The lowest BCUT2D eigenvalue weighted by Crippen LogP contribution is -2.24. The molecule has 0 aliphatic carbocycles. The Morgan fingerprint density at radius 2 is 1.85 bits per heavy atom. The third kappa shape index (κ3) is 4.07. The van der Waals surface area contributed by atoms with Crippen molar-refractivity contribution < 1.29 is 18.1 Å². The number of carbonyl (C=O) groups excluding carboxylic acids is 1. The number of nitrogens with zero attached hydrogens (tertiary/aromatic N) is 2. The van der Waals surface area contributed by atoms with Gasteiger partial charge in [-0.15, -0.1) is 0 Å². The van der Waals surface area contributed by atoms with Gasteiger partial charge in [-0.2, -0.15) is 4.99 Å². The zero-order valence-corrected chi connectivity index (χ0v) is 15.6.